The highest BCUT2D eigenvalue weighted by molar-refractivity contribution is 5.58. The van der Waals surface area contributed by atoms with Crippen molar-refractivity contribution in [1.29, 1.82) is 0 Å². The molecule has 0 saturated heterocycles. The van der Waals surface area contributed by atoms with E-state index in [9.17, 15) is 0 Å². The zero-order chi connectivity index (χ0) is 20.8. The van der Waals surface area contributed by atoms with Gasteiger partial charge in [0.05, 0.1) is 32.2 Å². The summed E-state index contributed by atoms with van der Waals surface area (Å²) in [5.74, 6) is 2.86. The van der Waals surface area contributed by atoms with Gasteiger partial charge in [0.25, 0.3) is 0 Å². The lowest BCUT2D eigenvalue weighted by Gasteiger charge is -2.19. The molecule has 0 unspecified atom stereocenters. The second-order valence-electron chi connectivity index (χ2n) is 6.87. The standard InChI is InChI=1S/C22H24N6O2/c1-2-16-7-3-4-10-19(16)24-22-26-20(25-21(23)27-22)15-28(13-17-8-5-11-29-17)14-18-9-6-12-30-18/h3-12H,2,13-15H2,1H3,(H3,23,24,25,26,27). The first-order valence-corrected chi connectivity index (χ1v) is 9.82. The van der Waals surface area contributed by atoms with E-state index in [2.05, 4.69) is 38.2 Å². The number of hydrogen-bond donors (Lipinski definition) is 2. The predicted octanol–water partition coefficient (Wildman–Crippen LogP) is 4.15. The number of benzene rings is 1. The number of aryl methyl sites for hydroxylation is 1. The second kappa shape index (κ2) is 9.23. The third-order valence-corrected chi connectivity index (χ3v) is 4.63. The van der Waals surface area contributed by atoms with Crippen LogP contribution >= 0.6 is 0 Å². The minimum Gasteiger partial charge on any atom is -0.468 e. The number of anilines is 3. The van der Waals surface area contributed by atoms with Gasteiger partial charge in [0.15, 0.2) is 0 Å². The normalized spacial score (nSPS) is 11.1. The average Bonchev–Trinajstić information content (AvgIpc) is 3.42. The minimum absolute atomic E-state index is 0.174. The van der Waals surface area contributed by atoms with E-state index in [1.54, 1.807) is 12.5 Å². The van der Waals surface area contributed by atoms with Crippen molar-refractivity contribution in [3.05, 3.63) is 84.0 Å². The SMILES string of the molecule is CCc1ccccc1Nc1nc(N)nc(CN(Cc2ccco2)Cc2ccco2)n1. The Balaban J connectivity index is 1.55. The lowest BCUT2D eigenvalue weighted by atomic mass is 10.1. The number of nitrogens with two attached hydrogens (primary N) is 1. The first-order chi connectivity index (χ1) is 14.7. The number of para-hydroxylation sites is 1. The van der Waals surface area contributed by atoms with Gasteiger partial charge in [0.2, 0.25) is 11.9 Å². The Bertz CT molecular complexity index is 1030. The minimum atomic E-state index is 0.174. The van der Waals surface area contributed by atoms with Crippen LogP contribution < -0.4 is 11.1 Å². The molecule has 1 aromatic carbocycles. The molecule has 3 N–H and O–H groups in total. The number of rotatable bonds is 9. The Hall–Kier alpha value is -3.65. The maximum atomic E-state index is 5.97. The Morgan fingerprint density at radius 3 is 2.20 bits per heavy atom. The van der Waals surface area contributed by atoms with Crippen LogP contribution in [0.25, 0.3) is 0 Å². The average molecular weight is 404 g/mol. The van der Waals surface area contributed by atoms with E-state index >= 15 is 0 Å². The smallest absolute Gasteiger partial charge is 0.232 e. The fourth-order valence-corrected chi connectivity index (χ4v) is 3.25. The molecular weight excluding hydrogens is 380 g/mol. The van der Waals surface area contributed by atoms with Crippen LogP contribution in [-0.2, 0) is 26.1 Å². The van der Waals surface area contributed by atoms with E-state index in [-0.39, 0.29) is 5.95 Å². The van der Waals surface area contributed by atoms with Crippen molar-refractivity contribution in [1.82, 2.24) is 19.9 Å². The van der Waals surface area contributed by atoms with Crippen molar-refractivity contribution < 1.29 is 8.83 Å². The van der Waals surface area contributed by atoms with Gasteiger partial charge in [-0.15, -0.1) is 0 Å². The van der Waals surface area contributed by atoms with Gasteiger partial charge in [-0.25, -0.2) is 0 Å². The molecular formula is C22H24N6O2. The molecule has 4 aromatic rings. The molecule has 8 nitrogen and oxygen atoms in total. The summed E-state index contributed by atoms with van der Waals surface area (Å²) in [7, 11) is 0. The van der Waals surface area contributed by atoms with Crippen molar-refractivity contribution in [3.8, 4) is 0 Å². The summed E-state index contributed by atoms with van der Waals surface area (Å²) < 4.78 is 11.0. The van der Waals surface area contributed by atoms with Gasteiger partial charge in [-0.2, -0.15) is 15.0 Å². The van der Waals surface area contributed by atoms with Gasteiger partial charge in [0.1, 0.15) is 17.3 Å². The van der Waals surface area contributed by atoms with Crippen LogP contribution in [0.3, 0.4) is 0 Å². The predicted molar refractivity (Wildman–Crippen MR) is 114 cm³/mol. The summed E-state index contributed by atoms with van der Waals surface area (Å²) in [6, 6.07) is 15.7. The monoisotopic (exact) mass is 404 g/mol. The molecule has 0 atom stereocenters. The fraction of sp³-hybridized carbons (Fsp3) is 0.227. The molecule has 0 aliphatic rings. The third kappa shape index (κ3) is 5.03. The van der Waals surface area contributed by atoms with E-state index in [0.717, 1.165) is 23.6 Å². The van der Waals surface area contributed by atoms with Crippen LogP contribution in [0.4, 0.5) is 17.6 Å². The molecule has 3 heterocycles. The molecule has 8 heteroatoms. The van der Waals surface area contributed by atoms with Crippen molar-refractivity contribution >= 4 is 17.6 Å². The van der Waals surface area contributed by atoms with Gasteiger partial charge in [-0.05, 0) is 42.3 Å². The Morgan fingerprint density at radius 1 is 0.867 bits per heavy atom. The van der Waals surface area contributed by atoms with Gasteiger partial charge in [-0.1, -0.05) is 25.1 Å². The topological polar surface area (TPSA) is 106 Å². The molecule has 3 aromatic heterocycles. The van der Waals surface area contributed by atoms with Crippen LogP contribution in [0, 0.1) is 0 Å². The first-order valence-electron chi connectivity index (χ1n) is 9.82. The summed E-state index contributed by atoms with van der Waals surface area (Å²) in [5.41, 5.74) is 8.11. The number of hydrogen-bond acceptors (Lipinski definition) is 8. The molecule has 0 radical (unpaired) electrons. The maximum absolute atomic E-state index is 5.97. The number of nitrogen functional groups attached to an aromatic ring is 1. The number of furan rings is 2. The van der Waals surface area contributed by atoms with Crippen molar-refractivity contribution in [3.63, 3.8) is 0 Å². The largest absolute Gasteiger partial charge is 0.468 e. The van der Waals surface area contributed by atoms with Crippen LogP contribution in [0.1, 0.15) is 29.8 Å². The Labute approximate surface area is 174 Å². The maximum Gasteiger partial charge on any atom is 0.232 e. The Kier molecular flexibility index (Phi) is 6.05. The van der Waals surface area contributed by atoms with E-state index in [4.69, 9.17) is 14.6 Å². The summed E-state index contributed by atoms with van der Waals surface area (Å²) in [6.45, 7) is 3.73. The van der Waals surface area contributed by atoms with Crippen LogP contribution in [0.15, 0.2) is 69.9 Å². The highest BCUT2D eigenvalue weighted by atomic mass is 16.3. The second-order valence-corrected chi connectivity index (χ2v) is 6.87. The molecule has 0 spiro atoms. The van der Waals surface area contributed by atoms with Crippen LogP contribution in [0.5, 0.6) is 0 Å². The van der Waals surface area contributed by atoms with E-state index in [1.807, 2.05) is 42.5 Å². The summed E-state index contributed by atoms with van der Waals surface area (Å²) in [4.78, 5) is 15.3. The molecule has 0 bridgehead atoms. The zero-order valence-corrected chi connectivity index (χ0v) is 16.8. The Morgan fingerprint density at radius 2 is 1.57 bits per heavy atom. The first kappa shape index (κ1) is 19.7. The molecule has 0 fully saturated rings. The summed E-state index contributed by atoms with van der Waals surface area (Å²) >= 11 is 0. The molecule has 30 heavy (non-hydrogen) atoms. The van der Waals surface area contributed by atoms with E-state index in [1.165, 1.54) is 5.56 Å². The van der Waals surface area contributed by atoms with Crippen LogP contribution in [0.2, 0.25) is 0 Å². The van der Waals surface area contributed by atoms with E-state index in [0.29, 0.717) is 31.4 Å². The zero-order valence-electron chi connectivity index (χ0n) is 16.8. The van der Waals surface area contributed by atoms with Gasteiger partial charge < -0.3 is 19.9 Å². The highest BCUT2D eigenvalue weighted by Crippen LogP contribution is 2.20. The van der Waals surface area contributed by atoms with Gasteiger partial charge in [-0.3, -0.25) is 4.90 Å². The fourth-order valence-electron chi connectivity index (χ4n) is 3.25. The van der Waals surface area contributed by atoms with Gasteiger partial charge >= 0.3 is 0 Å². The van der Waals surface area contributed by atoms with Gasteiger partial charge in [0, 0.05) is 5.69 Å². The summed E-state index contributed by atoms with van der Waals surface area (Å²) in [5, 5.41) is 3.27. The van der Waals surface area contributed by atoms with Crippen molar-refractivity contribution in [2.75, 3.05) is 11.1 Å². The van der Waals surface area contributed by atoms with Crippen LogP contribution in [-0.4, -0.2) is 19.9 Å². The quantitative estimate of drug-likeness (QED) is 0.428. The summed E-state index contributed by atoms with van der Waals surface area (Å²) in [6.07, 6.45) is 4.22. The molecule has 0 saturated carbocycles. The third-order valence-electron chi connectivity index (χ3n) is 4.63. The highest BCUT2D eigenvalue weighted by Gasteiger charge is 2.15. The molecule has 154 valence electrons. The molecule has 0 aliphatic carbocycles. The van der Waals surface area contributed by atoms with E-state index < -0.39 is 0 Å². The number of nitrogens with one attached hydrogen (secondary N) is 1. The molecule has 4 rings (SSSR count). The number of aromatic nitrogens is 3. The lowest BCUT2D eigenvalue weighted by molar-refractivity contribution is 0.205. The lowest BCUT2D eigenvalue weighted by Crippen LogP contribution is -2.24. The number of nitrogens with zero attached hydrogens (tertiary/aromatic N) is 4. The molecule has 0 amide bonds. The van der Waals surface area contributed by atoms with Crippen molar-refractivity contribution in [2.24, 2.45) is 0 Å². The molecule has 0 aliphatic heterocycles. The van der Waals surface area contributed by atoms with Crippen molar-refractivity contribution in [2.45, 2.75) is 33.0 Å².